The van der Waals surface area contributed by atoms with E-state index in [1.807, 2.05) is 18.2 Å². The van der Waals surface area contributed by atoms with Crippen molar-refractivity contribution in [2.24, 2.45) is 0 Å². The zero-order valence-electron chi connectivity index (χ0n) is 9.52. The second-order valence-electron chi connectivity index (χ2n) is 3.49. The van der Waals surface area contributed by atoms with Crippen LogP contribution in [0.2, 0.25) is 0 Å². The van der Waals surface area contributed by atoms with Crippen LogP contribution in [-0.4, -0.2) is 17.5 Å². The standard InChI is InChI=1S/C12H11N3O2/c1-8-10(11(16)14-2)9(7-13)12(17-8)15-5-3-4-6-15/h3-6H,1-2H3,(H,14,16). The summed E-state index contributed by atoms with van der Waals surface area (Å²) in [6.45, 7) is 1.67. The van der Waals surface area contributed by atoms with Crippen LogP contribution in [-0.2, 0) is 0 Å². The molecule has 0 bridgehead atoms. The van der Waals surface area contributed by atoms with Crippen LogP contribution in [0, 0.1) is 18.3 Å². The third kappa shape index (κ3) is 1.70. The lowest BCUT2D eigenvalue weighted by Gasteiger charge is -1.98. The quantitative estimate of drug-likeness (QED) is 0.850. The fourth-order valence-corrected chi connectivity index (χ4v) is 1.68. The number of hydrogen-bond acceptors (Lipinski definition) is 3. The summed E-state index contributed by atoms with van der Waals surface area (Å²) in [6.07, 6.45) is 3.51. The maximum Gasteiger partial charge on any atom is 0.256 e. The fraction of sp³-hybridized carbons (Fsp3) is 0.167. The molecule has 0 fully saturated rings. The molecule has 5 heteroatoms. The second-order valence-corrected chi connectivity index (χ2v) is 3.49. The van der Waals surface area contributed by atoms with Crippen LogP contribution < -0.4 is 5.32 Å². The maximum atomic E-state index is 11.7. The number of nitrogens with one attached hydrogen (secondary N) is 1. The van der Waals surface area contributed by atoms with E-state index < -0.39 is 0 Å². The normalized spacial score (nSPS) is 9.94. The summed E-state index contributed by atoms with van der Waals surface area (Å²) in [5.74, 6) is 0.486. The molecule has 0 aliphatic rings. The van der Waals surface area contributed by atoms with Crippen LogP contribution in [0.25, 0.3) is 5.88 Å². The molecule has 2 aromatic rings. The van der Waals surface area contributed by atoms with Crippen LogP contribution in [0.15, 0.2) is 28.9 Å². The van der Waals surface area contributed by atoms with E-state index in [0.29, 0.717) is 17.2 Å². The summed E-state index contributed by atoms with van der Waals surface area (Å²) in [4.78, 5) is 11.7. The van der Waals surface area contributed by atoms with Crippen molar-refractivity contribution in [2.75, 3.05) is 7.05 Å². The molecule has 2 heterocycles. The highest BCUT2D eigenvalue weighted by atomic mass is 16.4. The van der Waals surface area contributed by atoms with Gasteiger partial charge in [0, 0.05) is 19.4 Å². The number of amides is 1. The van der Waals surface area contributed by atoms with Crippen molar-refractivity contribution < 1.29 is 9.21 Å². The van der Waals surface area contributed by atoms with E-state index in [1.165, 1.54) is 7.05 Å². The van der Waals surface area contributed by atoms with Gasteiger partial charge in [0.1, 0.15) is 23.0 Å². The van der Waals surface area contributed by atoms with Gasteiger partial charge in [-0.15, -0.1) is 0 Å². The zero-order chi connectivity index (χ0) is 12.4. The first-order valence-electron chi connectivity index (χ1n) is 5.08. The molecule has 0 saturated carbocycles. The average molecular weight is 229 g/mol. The minimum Gasteiger partial charge on any atom is -0.443 e. The Hall–Kier alpha value is -2.48. The van der Waals surface area contributed by atoms with E-state index in [-0.39, 0.29) is 11.5 Å². The van der Waals surface area contributed by atoms with E-state index in [9.17, 15) is 4.79 Å². The van der Waals surface area contributed by atoms with E-state index in [2.05, 4.69) is 5.32 Å². The molecule has 0 radical (unpaired) electrons. The molecule has 86 valence electrons. The lowest BCUT2D eigenvalue weighted by Crippen LogP contribution is -2.19. The molecule has 0 spiro atoms. The smallest absolute Gasteiger partial charge is 0.256 e. The van der Waals surface area contributed by atoms with Crippen LogP contribution in [0.3, 0.4) is 0 Å². The molecule has 0 aliphatic heterocycles. The first kappa shape index (κ1) is 11.0. The number of nitriles is 1. The van der Waals surface area contributed by atoms with Gasteiger partial charge < -0.3 is 9.73 Å². The largest absolute Gasteiger partial charge is 0.443 e. The van der Waals surface area contributed by atoms with Gasteiger partial charge in [-0.1, -0.05) is 0 Å². The molecule has 2 rings (SSSR count). The third-order valence-corrected chi connectivity index (χ3v) is 2.47. The van der Waals surface area contributed by atoms with E-state index in [1.54, 1.807) is 23.9 Å². The van der Waals surface area contributed by atoms with Gasteiger partial charge in [0.2, 0.25) is 5.88 Å². The van der Waals surface area contributed by atoms with Crippen molar-refractivity contribution in [3.63, 3.8) is 0 Å². The Labute approximate surface area is 98.3 Å². The summed E-state index contributed by atoms with van der Waals surface area (Å²) in [5, 5.41) is 11.6. The third-order valence-electron chi connectivity index (χ3n) is 2.47. The molecular formula is C12H11N3O2. The maximum absolute atomic E-state index is 11.7. The molecular weight excluding hydrogens is 218 g/mol. The topological polar surface area (TPSA) is 71.0 Å². The van der Waals surface area contributed by atoms with Gasteiger partial charge >= 0.3 is 0 Å². The molecule has 2 aromatic heterocycles. The number of nitrogens with zero attached hydrogens (tertiary/aromatic N) is 2. The van der Waals surface area contributed by atoms with E-state index in [4.69, 9.17) is 9.68 Å². The molecule has 0 atom stereocenters. The number of aryl methyl sites for hydroxylation is 1. The summed E-state index contributed by atoms with van der Waals surface area (Å²) in [7, 11) is 1.52. The molecule has 0 aromatic carbocycles. The predicted molar refractivity (Wildman–Crippen MR) is 60.9 cm³/mol. The highest BCUT2D eigenvalue weighted by molar-refractivity contribution is 5.98. The Bertz CT molecular complexity index is 588. The van der Waals surface area contributed by atoms with E-state index >= 15 is 0 Å². The SMILES string of the molecule is CNC(=O)c1c(C)oc(-n2cccc2)c1C#N. The van der Waals surface area contributed by atoms with Gasteiger partial charge in [-0.2, -0.15) is 5.26 Å². The lowest BCUT2D eigenvalue weighted by molar-refractivity contribution is 0.0961. The van der Waals surface area contributed by atoms with Gasteiger partial charge in [-0.05, 0) is 19.1 Å². The van der Waals surface area contributed by atoms with Crippen molar-refractivity contribution >= 4 is 5.91 Å². The molecule has 0 aliphatic carbocycles. The number of furan rings is 1. The Morgan fingerprint density at radius 1 is 1.47 bits per heavy atom. The first-order chi connectivity index (χ1) is 8.19. The Balaban J connectivity index is 2.65. The summed E-state index contributed by atoms with van der Waals surface area (Å²) in [6, 6.07) is 5.65. The van der Waals surface area contributed by atoms with Crippen LogP contribution >= 0.6 is 0 Å². The summed E-state index contributed by atoms with van der Waals surface area (Å²) in [5.41, 5.74) is 0.539. The molecule has 1 N–H and O–H groups in total. The monoisotopic (exact) mass is 229 g/mol. The Morgan fingerprint density at radius 3 is 2.65 bits per heavy atom. The molecule has 1 amide bonds. The van der Waals surface area contributed by atoms with Crippen LogP contribution in [0.1, 0.15) is 21.7 Å². The van der Waals surface area contributed by atoms with Gasteiger partial charge in [0.25, 0.3) is 5.91 Å². The predicted octanol–water partition coefficient (Wildman–Crippen LogP) is 1.61. The number of hydrogen-bond donors (Lipinski definition) is 1. The number of rotatable bonds is 2. The van der Waals surface area contributed by atoms with Crippen LogP contribution in [0.5, 0.6) is 0 Å². The minimum atomic E-state index is -0.318. The van der Waals surface area contributed by atoms with Crippen molar-refractivity contribution in [3.8, 4) is 12.0 Å². The van der Waals surface area contributed by atoms with Gasteiger partial charge in [-0.25, -0.2) is 0 Å². The van der Waals surface area contributed by atoms with Crippen molar-refractivity contribution in [1.82, 2.24) is 9.88 Å². The van der Waals surface area contributed by atoms with Crippen LogP contribution in [0.4, 0.5) is 0 Å². The molecule has 5 nitrogen and oxygen atoms in total. The first-order valence-corrected chi connectivity index (χ1v) is 5.08. The number of carbonyl (C=O) groups is 1. The minimum absolute atomic E-state index is 0.248. The van der Waals surface area contributed by atoms with Crippen molar-refractivity contribution in [2.45, 2.75) is 6.92 Å². The fourth-order valence-electron chi connectivity index (χ4n) is 1.68. The van der Waals surface area contributed by atoms with Gasteiger partial charge in [0.05, 0.1) is 0 Å². The Kier molecular flexibility index (Phi) is 2.71. The summed E-state index contributed by atoms with van der Waals surface area (Å²) >= 11 is 0. The average Bonchev–Trinajstić information content (AvgIpc) is 2.94. The van der Waals surface area contributed by atoms with E-state index in [0.717, 1.165) is 0 Å². The molecule has 0 saturated heterocycles. The molecule has 17 heavy (non-hydrogen) atoms. The summed E-state index contributed by atoms with van der Waals surface area (Å²) < 4.78 is 7.15. The van der Waals surface area contributed by atoms with Crippen molar-refractivity contribution in [1.29, 1.82) is 5.26 Å². The van der Waals surface area contributed by atoms with Gasteiger partial charge in [-0.3, -0.25) is 9.36 Å². The highest BCUT2D eigenvalue weighted by Crippen LogP contribution is 2.25. The molecule has 0 unspecified atom stereocenters. The van der Waals surface area contributed by atoms with Gasteiger partial charge in [0.15, 0.2) is 0 Å². The highest BCUT2D eigenvalue weighted by Gasteiger charge is 2.23. The lowest BCUT2D eigenvalue weighted by atomic mass is 10.1. The zero-order valence-corrected chi connectivity index (χ0v) is 9.52. The second kappa shape index (κ2) is 4.18. The van der Waals surface area contributed by atoms with Crippen molar-refractivity contribution in [3.05, 3.63) is 41.4 Å². The Morgan fingerprint density at radius 2 is 2.12 bits per heavy atom. The number of aromatic nitrogens is 1. The number of carbonyl (C=O) groups excluding carboxylic acids is 1.